The monoisotopic (exact) mass is 418 g/mol. The summed E-state index contributed by atoms with van der Waals surface area (Å²) in [6, 6.07) is 12.9. The lowest BCUT2D eigenvalue weighted by Crippen LogP contribution is -2.46. The van der Waals surface area contributed by atoms with Gasteiger partial charge in [0.05, 0.1) is 5.41 Å². The number of hydrogen-bond donors (Lipinski definition) is 2. The Kier molecular flexibility index (Phi) is 6.91. The van der Waals surface area contributed by atoms with Crippen molar-refractivity contribution in [3.63, 3.8) is 0 Å². The van der Waals surface area contributed by atoms with Crippen LogP contribution in [0.4, 0.5) is 5.69 Å². The maximum Gasteiger partial charge on any atom is 0.235 e. The molecule has 150 valence electrons. The van der Waals surface area contributed by atoms with Crippen LogP contribution in [0.25, 0.3) is 0 Å². The standard InChI is InChI=1S/C15H19ClN2O.C7H8OS/c1-2-7-18-8-5-15(6-9-18)12-10-11(16)3-4-13(12)17-14(15)19;1-9-7-4-2-6(8)3-5-7/h3-4,10H,2,5-9H2,1H3,(H,17,19);2-5,8H,1H3. The molecule has 2 N–H and O–H groups in total. The fourth-order valence-electron chi connectivity index (χ4n) is 3.94. The minimum Gasteiger partial charge on any atom is -0.508 e. The molecule has 0 radical (unpaired) electrons. The van der Waals surface area contributed by atoms with E-state index < -0.39 is 0 Å². The second-order valence-electron chi connectivity index (χ2n) is 7.27. The van der Waals surface area contributed by atoms with Crippen molar-refractivity contribution in [2.24, 2.45) is 0 Å². The van der Waals surface area contributed by atoms with Crippen molar-refractivity contribution in [2.75, 3.05) is 31.2 Å². The van der Waals surface area contributed by atoms with E-state index in [0.29, 0.717) is 10.8 Å². The maximum atomic E-state index is 12.4. The highest BCUT2D eigenvalue weighted by molar-refractivity contribution is 7.98. The Bertz CT molecular complexity index is 818. The number of nitrogens with one attached hydrogen (secondary N) is 1. The number of anilines is 1. The fourth-order valence-corrected chi connectivity index (χ4v) is 4.52. The zero-order valence-corrected chi connectivity index (χ0v) is 17.9. The van der Waals surface area contributed by atoms with Crippen molar-refractivity contribution >= 4 is 35.0 Å². The molecular weight excluding hydrogens is 392 g/mol. The Morgan fingerprint density at radius 3 is 2.46 bits per heavy atom. The Morgan fingerprint density at radius 1 is 1.18 bits per heavy atom. The topological polar surface area (TPSA) is 52.6 Å². The van der Waals surface area contributed by atoms with Crippen LogP contribution in [0.5, 0.6) is 5.75 Å². The number of phenols is 1. The SMILES string of the molecule is CCCN1CCC2(CC1)C(=O)Nc1ccc(Cl)cc12.CSc1ccc(O)cc1. The van der Waals surface area contributed by atoms with E-state index in [-0.39, 0.29) is 11.3 Å². The summed E-state index contributed by atoms with van der Waals surface area (Å²) in [6.45, 7) is 5.31. The molecule has 6 heteroatoms. The summed E-state index contributed by atoms with van der Waals surface area (Å²) in [7, 11) is 0. The van der Waals surface area contributed by atoms with Crippen molar-refractivity contribution in [1.29, 1.82) is 0 Å². The molecule has 0 bridgehead atoms. The molecule has 0 aliphatic carbocycles. The summed E-state index contributed by atoms with van der Waals surface area (Å²) in [5.74, 6) is 0.480. The number of nitrogens with zero attached hydrogens (tertiary/aromatic N) is 1. The van der Waals surface area contributed by atoms with E-state index in [1.165, 1.54) is 11.3 Å². The zero-order chi connectivity index (χ0) is 20.1. The van der Waals surface area contributed by atoms with Crippen LogP contribution in [-0.4, -0.2) is 41.8 Å². The first-order valence-electron chi connectivity index (χ1n) is 9.65. The lowest BCUT2D eigenvalue weighted by Gasteiger charge is -2.37. The van der Waals surface area contributed by atoms with Crippen LogP contribution in [0.3, 0.4) is 0 Å². The molecule has 1 spiro atoms. The van der Waals surface area contributed by atoms with E-state index >= 15 is 0 Å². The Morgan fingerprint density at radius 2 is 1.86 bits per heavy atom. The number of benzene rings is 2. The number of likely N-dealkylation sites (tertiary alicyclic amines) is 1. The van der Waals surface area contributed by atoms with Gasteiger partial charge in [-0.2, -0.15) is 0 Å². The van der Waals surface area contributed by atoms with Crippen molar-refractivity contribution in [3.05, 3.63) is 53.1 Å². The zero-order valence-electron chi connectivity index (χ0n) is 16.4. The number of rotatable bonds is 3. The van der Waals surface area contributed by atoms with Gasteiger partial charge in [0.2, 0.25) is 5.91 Å². The summed E-state index contributed by atoms with van der Waals surface area (Å²) in [4.78, 5) is 16.0. The van der Waals surface area contributed by atoms with E-state index in [4.69, 9.17) is 16.7 Å². The van der Waals surface area contributed by atoms with E-state index in [1.807, 2.05) is 36.6 Å². The van der Waals surface area contributed by atoms with Crippen LogP contribution in [0.15, 0.2) is 47.4 Å². The van der Waals surface area contributed by atoms with Gasteiger partial charge in [-0.15, -0.1) is 11.8 Å². The molecule has 4 nitrogen and oxygen atoms in total. The number of phenolic OH excluding ortho intramolecular Hbond substituents is 1. The van der Waals surface area contributed by atoms with Gasteiger partial charge in [0.25, 0.3) is 0 Å². The number of hydrogen-bond acceptors (Lipinski definition) is 4. The van der Waals surface area contributed by atoms with Gasteiger partial charge in [-0.05, 0) is 93.2 Å². The molecule has 2 aliphatic rings. The smallest absolute Gasteiger partial charge is 0.235 e. The summed E-state index contributed by atoms with van der Waals surface area (Å²) in [5.41, 5.74) is 1.70. The van der Waals surface area contributed by atoms with Gasteiger partial charge in [-0.1, -0.05) is 18.5 Å². The number of halogens is 1. The van der Waals surface area contributed by atoms with Gasteiger partial charge >= 0.3 is 0 Å². The summed E-state index contributed by atoms with van der Waals surface area (Å²) >= 11 is 7.77. The van der Waals surface area contributed by atoms with Crippen LogP contribution in [0.1, 0.15) is 31.7 Å². The molecular formula is C22H27ClN2O2S. The molecule has 0 unspecified atom stereocenters. The lowest BCUT2D eigenvalue weighted by atomic mass is 9.73. The molecule has 0 atom stereocenters. The lowest BCUT2D eigenvalue weighted by molar-refractivity contribution is -0.122. The van der Waals surface area contributed by atoms with Gasteiger partial charge in [0.1, 0.15) is 5.75 Å². The van der Waals surface area contributed by atoms with Gasteiger partial charge in [-0.25, -0.2) is 0 Å². The predicted octanol–water partition coefficient (Wildman–Crippen LogP) is 5.15. The first kappa shape index (κ1) is 21.0. The fraction of sp³-hybridized carbons (Fsp3) is 0.409. The van der Waals surface area contributed by atoms with E-state index in [1.54, 1.807) is 23.9 Å². The third kappa shape index (κ3) is 4.48. The first-order valence-corrected chi connectivity index (χ1v) is 11.3. The highest BCUT2D eigenvalue weighted by Crippen LogP contribution is 2.45. The van der Waals surface area contributed by atoms with Crippen molar-refractivity contribution in [1.82, 2.24) is 4.90 Å². The van der Waals surface area contributed by atoms with E-state index in [2.05, 4.69) is 17.1 Å². The molecule has 2 aromatic carbocycles. The average molecular weight is 419 g/mol. The average Bonchev–Trinajstić information content (AvgIpc) is 2.96. The largest absolute Gasteiger partial charge is 0.508 e. The van der Waals surface area contributed by atoms with Crippen LogP contribution in [0, 0.1) is 0 Å². The quantitative estimate of drug-likeness (QED) is 0.677. The number of carbonyl (C=O) groups is 1. The number of fused-ring (bicyclic) bond motifs is 2. The van der Waals surface area contributed by atoms with Crippen molar-refractivity contribution in [3.8, 4) is 5.75 Å². The molecule has 2 aliphatic heterocycles. The number of amides is 1. The number of aromatic hydroxyl groups is 1. The third-order valence-corrected chi connectivity index (χ3v) is 6.48. The van der Waals surface area contributed by atoms with Crippen molar-refractivity contribution in [2.45, 2.75) is 36.5 Å². The number of piperidine rings is 1. The second kappa shape index (κ2) is 9.21. The highest BCUT2D eigenvalue weighted by atomic mass is 35.5. The second-order valence-corrected chi connectivity index (χ2v) is 8.58. The van der Waals surface area contributed by atoms with Gasteiger partial charge < -0.3 is 15.3 Å². The highest BCUT2D eigenvalue weighted by Gasteiger charge is 2.48. The van der Waals surface area contributed by atoms with Gasteiger partial charge in [0, 0.05) is 15.6 Å². The number of carbonyl (C=O) groups excluding carboxylic acids is 1. The van der Waals surface area contributed by atoms with Crippen molar-refractivity contribution < 1.29 is 9.90 Å². The summed E-state index contributed by atoms with van der Waals surface area (Å²) in [5, 5.41) is 12.6. The molecule has 2 heterocycles. The molecule has 2 aromatic rings. The molecule has 1 fully saturated rings. The number of thioether (sulfide) groups is 1. The van der Waals surface area contributed by atoms with Crippen LogP contribution in [0.2, 0.25) is 5.02 Å². The van der Waals surface area contributed by atoms with E-state index in [0.717, 1.165) is 43.7 Å². The van der Waals surface area contributed by atoms with Gasteiger partial charge in [-0.3, -0.25) is 4.79 Å². The third-order valence-electron chi connectivity index (χ3n) is 5.50. The minimum absolute atomic E-state index is 0.154. The Labute approximate surface area is 176 Å². The molecule has 1 amide bonds. The van der Waals surface area contributed by atoms with Gasteiger partial charge in [0.15, 0.2) is 0 Å². The van der Waals surface area contributed by atoms with Crippen LogP contribution in [-0.2, 0) is 10.2 Å². The predicted molar refractivity (Wildman–Crippen MR) is 118 cm³/mol. The van der Waals surface area contributed by atoms with Crippen LogP contribution < -0.4 is 5.32 Å². The normalized spacial score (nSPS) is 17.6. The van der Waals surface area contributed by atoms with Crippen LogP contribution >= 0.6 is 23.4 Å². The molecule has 0 aromatic heterocycles. The molecule has 1 saturated heterocycles. The summed E-state index contributed by atoms with van der Waals surface area (Å²) < 4.78 is 0. The Hall–Kier alpha value is -1.69. The summed E-state index contributed by atoms with van der Waals surface area (Å²) in [6.07, 6.45) is 4.96. The first-order chi connectivity index (χ1) is 13.5. The molecule has 0 saturated carbocycles. The molecule has 28 heavy (non-hydrogen) atoms. The van der Waals surface area contributed by atoms with E-state index in [9.17, 15) is 4.79 Å². The molecule has 4 rings (SSSR count). The minimum atomic E-state index is -0.343. The Balaban J connectivity index is 0.000000211. The maximum absolute atomic E-state index is 12.4.